The molecule has 4 aromatic rings. The summed E-state index contributed by atoms with van der Waals surface area (Å²) in [4.78, 5) is 16.2. The average molecular weight is 420 g/mol. The second-order valence-electron chi connectivity index (χ2n) is 6.99. The molecule has 0 atom stereocenters. The van der Waals surface area contributed by atoms with Crippen LogP contribution in [0, 0.1) is 12.7 Å². The van der Waals surface area contributed by atoms with Crippen LogP contribution in [0.15, 0.2) is 48.7 Å². The number of carbonyl (C=O) groups is 1. The largest absolute Gasteiger partial charge is 0.488 e. The lowest BCUT2D eigenvalue weighted by atomic mass is 9.80. The van der Waals surface area contributed by atoms with Crippen molar-refractivity contribution < 1.29 is 19.2 Å². The summed E-state index contributed by atoms with van der Waals surface area (Å²) in [5.74, 6) is -0.731. The van der Waals surface area contributed by atoms with Crippen molar-refractivity contribution in [3.63, 3.8) is 0 Å². The van der Waals surface area contributed by atoms with Gasteiger partial charge in [0.2, 0.25) is 5.91 Å². The van der Waals surface area contributed by atoms with Crippen LogP contribution < -0.4 is 16.5 Å². The number of anilines is 1. The maximum atomic E-state index is 14.1. The van der Waals surface area contributed by atoms with Crippen LogP contribution in [-0.2, 0) is 6.54 Å². The molecule has 0 bridgehead atoms. The van der Waals surface area contributed by atoms with E-state index in [2.05, 4.69) is 20.5 Å². The lowest BCUT2D eigenvalue weighted by molar-refractivity contribution is 0.100. The van der Waals surface area contributed by atoms with Crippen LogP contribution in [0.1, 0.15) is 21.6 Å². The summed E-state index contributed by atoms with van der Waals surface area (Å²) in [6.45, 7) is 2.13. The van der Waals surface area contributed by atoms with E-state index in [0.29, 0.717) is 34.4 Å². The highest BCUT2D eigenvalue weighted by Gasteiger charge is 2.17. The van der Waals surface area contributed by atoms with Gasteiger partial charge in [-0.15, -0.1) is 5.10 Å². The van der Waals surface area contributed by atoms with Gasteiger partial charge in [0.25, 0.3) is 5.95 Å². The molecule has 156 valence electrons. The fraction of sp³-hybridized carbons (Fsp3) is 0.100. The van der Waals surface area contributed by atoms with Gasteiger partial charge in [-0.2, -0.15) is 10.1 Å². The number of hydrogen-bond acceptors (Lipinski definition) is 7. The van der Waals surface area contributed by atoms with E-state index in [9.17, 15) is 19.2 Å². The molecule has 0 unspecified atom stereocenters. The number of fused-ring (bicyclic) bond motifs is 1. The molecule has 0 radical (unpaired) electrons. The molecule has 4 rings (SSSR count). The van der Waals surface area contributed by atoms with E-state index in [-0.39, 0.29) is 11.5 Å². The van der Waals surface area contributed by atoms with Crippen molar-refractivity contribution >= 4 is 35.2 Å². The van der Waals surface area contributed by atoms with E-state index in [1.165, 1.54) is 12.3 Å². The van der Waals surface area contributed by atoms with Crippen LogP contribution in [0.4, 0.5) is 10.2 Å². The molecular formula is C20H18BFN6O3. The van der Waals surface area contributed by atoms with Crippen LogP contribution in [0.3, 0.4) is 0 Å². The number of nitrogens with one attached hydrogen (secondary N) is 1. The van der Waals surface area contributed by atoms with Gasteiger partial charge in [0, 0.05) is 17.6 Å². The molecule has 11 heteroatoms. The Morgan fingerprint density at radius 1 is 1.26 bits per heavy atom. The molecule has 5 N–H and O–H groups in total. The number of nitrogens with zero attached hydrogens (tertiary/aromatic N) is 4. The molecule has 2 heterocycles. The fourth-order valence-corrected chi connectivity index (χ4v) is 3.40. The lowest BCUT2D eigenvalue weighted by Crippen LogP contribution is -2.30. The Labute approximate surface area is 176 Å². The van der Waals surface area contributed by atoms with Crippen molar-refractivity contribution in [3.8, 4) is 5.95 Å². The number of amides is 1. The van der Waals surface area contributed by atoms with Crippen LogP contribution in [0.2, 0.25) is 0 Å². The molecule has 0 saturated carbocycles. The van der Waals surface area contributed by atoms with E-state index >= 15 is 0 Å². The van der Waals surface area contributed by atoms with Gasteiger partial charge in [0.15, 0.2) is 5.82 Å². The fourth-order valence-electron chi connectivity index (χ4n) is 3.40. The Morgan fingerprint density at radius 3 is 2.81 bits per heavy atom. The van der Waals surface area contributed by atoms with Crippen molar-refractivity contribution in [1.29, 1.82) is 0 Å². The van der Waals surface area contributed by atoms with E-state index in [0.717, 1.165) is 11.6 Å². The normalized spacial score (nSPS) is 11.0. The van der Waals surface area contributed by atoms with Crippen LogP contribution in [0.25, 0.3) is 16.9 Å². The summed E-state index contributed by atoms with van der Waals surface area (Å²) in [7, 11) is -1.55. The molecule has 0 aliphatic rings. The molecule has 31 heavy (non-hydrogen) atoms. The molecule has 9 nitrogen and oxygen atoms in total. The molecule has 0 saturated heterocycles. The number of rotatable bonds is 6. The topological polar surface area (TPSA) is 139 Å². The zero-order valence-corrected chi connectivity index (χ0v) is 16.5. The highest BCUT2D eigenvalue weighted by molar-refractivity contribution is 6.58. The Bertz CT molecular complexity index is 1290. The number of primary amides is 1. The zero-order chi connectivity index (χ0) is 22.1. The predicted molar refractivity (Wildman–Crippen MR) is 113 cm³/mol. The summed E-state index contributed by atoms with van der Waals surface area (Å²) in [6.07, 6.45) is 1.44. The highest BCUT2D eigenvalue weighted by Crippen LogP contribution is 2.27. The number of halogens is 1. The highest BCUT2D eigenvalue weighted by atomic mass is 19.1. The zero-order valence-electron chi connectivity index (χ0n) is 16.5. The molecule has 0 aliphatic heterocycles. The van der Waals surface area contributed by atoms with E-state index in [4.69, 9.17) is 5.73 Å². The minimum atomic E-state index is -1.55. The number of benzene rings is 2. The van der Waals surface area contributed by atoms with E-state index < -0.39 is 18.8 Å². The lowest BCUT2D eigenvalue weighted by Gasteiger charge is -2.10. The van der Waals surface area contributed by atoms with Crippen molar-refractivity contribution in [2.75, 3.05) is 5.32 Å². The third-order valence-electron chi connectivity index (χ3n) is 4.81. The van der Waals surface area contributed by atoms with Crippen molar-refractivity contribution in [2.45, 2.75) is 13.5 Å². The molecular weight excluding hydrogens is 402 g/mol. The summed E-state index contributed by atoms with van der Waals surface area (Å²) < 4.78 is 15.7. The van der Waals surface area contributed by atoms with Crippen molar-refractivity contribution in [2.24, 2.45) is 5.73 Å². The Kier molecular flexibility index (Phi) is 5.36. The number of hydrogen-bond donors (Lipinski definition) is 4. The van der Waals surface area contributed by atoms with Crippen LogP contribution >= 0.6 is 0 Å². The maximum absolute atomic E-state index is 14.1. The Morgan fingerprint density at radius 2 is 2.06 bits per heavy atom. The number of aromatic nitrogens is 4. The number of aryl methyl sites for hydroxylation is 1. The van der Waals surface area contributed by atoms with Gasteiger partial charge in [-0.3, -0.25) is 9.36 Å². The van der Waals surface area contributed by atoms with Crippen molar-refractivity contribution in [3.05, 3.63) is 71.3 Å². The molecule has 0 spiro atoms. The van der Waals surface area contributed by atoms with Gasteiger partial charge >= 0.3 is 7.12 Å². The van der Waals surface area contributed by atoms with Gasteiger partial charge in [-0.05, 0) is 36.1 Å². The molecule has 0 aliphatic carbocycles. The minimum absolute atomic E-state index is 0.0741. The third kappa shape index (κ3) is 4.09. The van der Waals surface area contributed by atoms with Crippen LogP contribution in [0.5, 0.6) is 0 Å². The molecule has 2 aromatic heterocycles. The first-order valence-electron chi connectivity index (χ1n) is 9.34. The first kappa shape index (κ1) is 20.4. The predicted octanol–water partition coefficient (Wildman–Crippen LogP) is 0.654. The summed E-state index contributed by atoms with van der Waals surface area (Å²) in [6, 6.07) is 10.9. The second-order valence-corrected chi connectivity index (χ2v) is 6.99. The van der Waals surface area contributed by atoms with E-state index in [1.54, 1.807) is 35.8 Å². The van der Waals surface area contributed by atoms with Gasteiger partial charge in [0.1, 0.15) is 5.82 Å². The third-order valence-corrected chi connectivity index (χ3v) is 4.81. The quantitative estimate of drug-likeness (QED) is 0.336. The molecule has 0 fully saturated rings. The monoisotopic (exact) mass is 420 g/mol. The SMILES string of the molecule is Cc1cc2c(C(N)=O)cc(F)cc2n1-c1nncc(NCc2cccc(B(O)O)c2)n1. The Hall–Kier alpha value is -3.83. The molecule has 1 amide bonds. The summed E-state index contributed by atoms with van der Waals surface area (Å²) >= 11 is 0. The van der Waals surface area contributed by atoms with E-state index in [1.807, 2.05) is 6.07 Å². The minimum Gasteiger partial charge on any atom is -0.423 e. The number of carbonyl (C=O) groups excluding carboxylic acids is 1. The average Bonchev–Trinajstić information content (AvgIpc) is 3.07. The first-order chi connectivity index (χ1) is 14.8. The smallest absolute Gasteiger partial charge is 0.423 e. The standard InChI is InChI=1S/C20H18BFN6O3/c1-11-5-15-16(19(23)29)7-14(22)8-17(15)28(11)20-26-18(10-25-27-20)24-9-12-3-2-4-13(6-12)21(30)31/h2-8,10,30-31H,9H2,1H3,(H2,23,29)(H,24,26,27). The van der Waals surface area contributed by atoms with Gasteiger partial charge < -0.3 is 21.1 Å². The first-order valence-corrected chi connectivity index (χ1v) is 9.34. The summed E-state index contributed by atoms with van der Waals surface area (Å²) in [5, 5.41) is 30.2. The molecule has 2 aromatic carbocycles. The van der Waals surface area contributed by atoms with Gasteiger partial charge in [0.05, 0.1) is 17.3 Å². The Balaban J connectivity index is 1.67. The second kappa shape index (κ2) is 8.13. The number of nitrogens with two attached hydrogens (primary N) is 1. The maximum Gasteiger partial charge on any atom is 0.488 e. The summed E-state index contributed by atoms with van der Waals surface area (Å²) in [5.41, 5.74) is 7.72. The van der Waals surface area contributed by atoms with Crippen LogP contribution in [-0.4, -0.2) is 42.8 Å². The van der Waals surface area contributed by atoms with Gasteiger partial charge in [-0.25, -0.2) is 4.39 Å². The van der Waals surface area contributed by atoms with Crippen molar-refractivity contribution in [1.82, 2.24) is 19.7 Å². The van der Waals surface area contributed by atoms with Gasteiger partial charge in [-0.1, -0.05) is 24.3 Å².